The first-order valence-electron chi connectivity index (χ1n) is 4.31. The van der Waals surface area contributed by atoms with E-state index in [-0.39, 0.29) is 6.10 Å². The van der Waals surface area contributed by atoms with Crippen LogP contribution in [0.4, 0.5) is 0 Å². The van der Waals surface area contributed by atoms with E-state index >= 15 is 0 Å². The second-order valence-electron chi connectivity index (χ2n) is 3.38. The maximum absolute atomic E-state index is 9.49. The van der Waals surface area contributed by atoms with E-state index in [1.54, 1.807) is 16.9 Å². The van der Waals surface area contributed by atoms with Gasteiger partial charge in [-0.25, -0.2) is 0 Å². The Labute approximate surface area is 81.3 Å². The Morgan fingerprint density at radius 3 is 3.08 bits per heavy atom. The van der Waals surface area contributed by atoms with E-state index in [1.165, 1.54) is 15.5 Å². The monoisotopic (exact) mass is 224 g/mol. The first-order valence-corrected chi connectivity index (χ1v) is 5.53. The number of aliphatic hydroxyl groups is 1. The van der Waals surface area contributed by atoms with E-state index in [9.17, 15) is 5.11 Å². The van der Waals surface area contributed by atoms with Gasteiger partial charge in [-0.05, 0) is 0 Å². The van der Waals surface area contributed by atoms with Crippen molar-refractivity contribution in [2.24, 2.45) is 0 Å². The van der Waals surface area contributed by atoms with Gasteiger partial charge in [-0.1, -0.05) is 0 Å². The molecule has 0 amide bonds. The molecular weight excluding hydrogens is 211 g/mol. The Morgan fingerprint density at radius 2 is 2.25 bits per heavy atom. The van der Waals surface area contributed by atoms with Gasteiger partial charge in [0.25, 0.3) is 0 Å². The van der Waals surface area contributed by atoms with E-state index in [2.05, 4.69) is 18.2 Å². The molecule has 64 valence electrons. The minimum absolute atomic E-state index is 0.102. The van der Waals surface area contributed by atoms with E-state index in [1.807, 2.05) is 0 Å². The standard InChI is InChI=1S/C10H13AsO/c11-10-3-1-2-7-4-5-8(12)6-9(7)10/h1-3,8,12H,4-6,11H2. The number of benzene rings is 1. The fourth-order valence-corrected chi connectivity index (χ4v) is 2.67. The van der Waals surface area contributed by atoms with E-state index < -0.39 is 0 Å². The molecule has 2 atom stereocenters. The SMILES string of the molecule is OC1CCc2cccc([AsH2])c2C1. The molecule has 12 heavy (non-hydrogen) atoms. The quantitative estimate of drug-likeness (QED) is 0.605. The first kappa shape index (κ1) is 8.34. The van der Waals surface area contributed by atoms with Gasteiger partial charge in [-0.3, -0.25) is 0 Å². The summed E-state index contributed by atoms with van der Waals surface area (Å²) >= 11 is 1.66. The van der Waals surface area contributed by atoms with Crippen molar-refractivity contribution in [3.63, 3.8) is 0 Å². The predicted molar refractivity (Wildman–Crippen MR) is 52.7 cm³/mol. The number of rotatable bonds is 0. The number of hydrogen-bond acceptors (Lipinski definition) is 1. The van der Waals surface area contributed by atoms with Crippen molar-refractivity contribution in [3.05, 3.63) is 29.3 Å². The van der Waals surface area contributed by atoms with E-state index in [0.29, 0.717) is 0 Å². The Balaban J connectivity index is 2.43. The first-order chi connectivity index (χ1) is 5.77. The summed E-state index contributed by atoms with van der Waals surface area (Å²) in [7, 11) is 0. The third-order valence-corrected chi connectivity index (χ3v) is 3.63. The summed E-state index contributed by atoms with van der Waals surface area (Å²) in [6, 6.07) is 6.45. The van der Waals surface area contributed by atoms with Crippen molar-refractivity contribution in [2.45, 2.75) is 25.4 Å². The van der Waals surface area contributed by atoms with Crippen molar-refractivity contribution < 1.29 is 5.11 Å². The van der Waals surface area contributed by atoms with Gasteiger partial charge in [0, 0.05) is 0 Å². The Hall–Kier alpha value is -0.262. The predicted octanol–water partition coefficient (Wildman–Crippen LogP) is -0.205. The van der Waals surface area contributed by atoms with E-state index in [0.717, 1.165) is 19.3 Å². The van der Waals surface area contributed by atoms with Crippen LogP contribution in [0.15, 0.2) is 18.2 Å². The van der Waals surface area contributed by atoms with Crippen LogP contribution in [-0.2, 0) is 12.8 Å². The molecule has 2 unspecified atom stereocenters. The zero-order valence-corrected chi connectivity index (χ0v) is 9.38. The number of hydrogen-bond donors (Lipinski definition) is 1. The minimum atomic E-state index is -0.102. The third-order valence-electron chi connectivity index (χ3n) is 2.50. The molecule has 1 aromatic carbocycles. The van der Waals surface area contributed by atoms with Crippen LogP contribution in [0.1, 0.15) is 17.5 Å². The Kier molecular flexibility index (Phi) is 2.25. The average molecular weight is 224 g/mol. The maximum atomic E-state index is 9.49. The second-order valence-corrected chi connectivity index (χ2v) is 4.69. The fourth-order valence-electron chi connectivity index (χ4n) is 1.80. The molecular formula is C10H13AsO. The van der Waals surface area contributed by atoms with Crippen molar-refractivity contribution in [1.29, 1.82) is 0 Å². The van der Waals surface area contributed by atoms with Crippen LogP contribution >= 0.6 is 0 Å². The summed E-state index contributed by atoms with van der Waals surface area (Å²) in [5, 5.41) is 9.49. The molecule has 2 rings (SSSR count). The van der Waals surface area contributed by atoms with Crippen molar-refractivity contribution >= 4 is 21.2 Å². The fraction of sp³-hybridized carbons (Fsp3) is 0.400. The van der Waals surface area contributed by atoms with Crippen LogP contribution in [0.25, 0.3) is 0 Å². The van der Waals surface area contributed by atoms with Crippen LogP contribution in [0.3, 0.4) is 0 Å². The molecule has 0 saturated heterocycles. The summed E-state index contributed by atoms with van der Waals surface area (Å²) in [5.41, 5.74) is 2.85. The summed E-state index contributed by atoms with van der Waals surface area (Å²) in [4.78, 5) is 0. The summed E-state index contributed by atoms with van der Waals surface area (Å²) in [6.45, 7) is 0. The third kappa shape index (κ3) is 1.44. The summed E-state index contributed by atoms with van der Waals surface area (Å²) in [5.74, 6) is 0. The molecule has 0 saturated carbocycles. The molecule has 1 aliphatic rings. The normalized spacial score (nSPS) is 22.0. The second kappa shape index (κ2) is 3.24. The molecule has 0 radical (unpaired) electrons. The van der Waals surface area contributed by atoms with E-state index in [4.69, 9.17) is 0 Å². The van der Waals surface area contributed by atoms with Gasteiger partial charge in [0.2, 0.25) is 0 Å². The van der Waals surface area contributed by atoms with Gasteiger partial charge in [0.05, 0.1) is 0 Å². The molecule has 1 N–H and O–H groups in total. The molecule has 0 spiro atoms. The molecule has 1 aliphatic carbocycles. The van der Waals surface area contributed by atoms with Crippen LogP contribution in [0.2, 0.25) is 0 Å². The van der Waals surface area contributed by atoms with Crippen LogP contribution in [-0.4, -0.2) is 28.1 Å². The van der Waals surface area contributed by atoms with Gasteiger partial charge in [0.15, 0.2) is 0 Å². The number of aliphatic hydroxyl groups excluding tert-OH is 1. The van der Waals surface area contributed by atoms with Crippen molar-refractivity contribution in [3.8, 4) is 0 Å². The molecule has 1 aromatic rings. The van der Waals surface area contributed by atoms with Crippen LogP contribution in [0, 0.1) is 0 Å². The van der Waals surface area contributed by atoms with Crippen molar-refractivity contribution in [1.82, 2.24) is 0 Å². The molecule has 0 heterocycles. The zero-order chi connectivity index (χ0) is 8.55. The summed E-state index contributed by atoms with van der Waals surface area (Å²) in [6.07, 6.45) is 2.75. The summed E-state index contributed by atoms with van der Waals surface area (Å²) < 4.78 is 1.39. The molecule has 1 nitrogen and oxygen atoms in total. The van der Waals surface area contributed by atoms with Crippen LogP contribution in [0.5, 0.6) is 0 Å². The van der Waals surface area contributed by atoms with Gasteiger partial charge in [-0.15, -0.1) is 0 Å². The van der Waals surface area contributed by atoms with Gasteiger partial charge < -0.3 is 0 Å². The van der Waals surface area contributed by atoms with Gasteiger partial charge >= 0.3 is 81.0 Å². The molecule has 2 heteroatoms. The average Bonchev–Trinajstić information content (AvgIpc) is 2.07. The topological polar surface area (TPSA) is 20.2 Å². The van der Waals surface area contributed by atoms with Gasteiger partial charge in [-0.2, -0.15) is 0 Å². The van der Waals surface area contributed by atoms with Crippen LogP contribution < -0.4 is 4.35 Å². The van der Waals surface area contributed by atoms with Gasteiger partial charge in [0.1, 0.15) is 0 Å². The molecule has 0 aromatic heterocycles. The molecule has 0 fully saturated rings. The number of aryl methyl sites for hydroxylation is 1. The number of fused-ring (bicyclic) bond motifs is 1. The Morgan fingerprint density at radius 1 is 1.42 bits per heavy atom. The molecule has 0 aliphatic heterocycles. The zero-order valence-electron chi connectivity index (χ0n) is 6.96. The molecule has 0 bridgehead atoms. The Bertz CT molecular complexity index is 296. The van der Waals surface area contributed by atoms with Crippen molar-refractivity contribution in [2.75, 3.05) is 0 Å².